The van der Waals surface area contributed by atoms with Gasteiger partial charge in [-0.05, 0) is 31.0 Å². The number of fused-ring (bicyclic) bond motifs is 1. The topological polar surface area (TPSA) is 56.1 Å². The van der Waals surface area contributed by atoms with Crippen LogP contribution in [-0.4, -0.2) is 46.6 Å². The zero-order chi connectivity index (χ0) is 17.9. The number of benzene rings is 1. The smallest absolute Gasteiger partial charge is 0.183 e. The first kappa shape index (κ1) is 16.5. The third-order valence-corrected chi connectivity index (χ3v) is 4.99. The molecule has 2 aliphatic rings. The molecule has 5 nitrogen and oxygen atoms in total. The van der Waals surface area contributed by atoms with Crippen LogP contribution < -0.4 is 4.90 Å². The molecule has 2 aromatic rings. The summed E-state index contributed by atoms with van der Waals surface area (Å²) in [5.74, 6) is 6.84. The van der Waals surface area contributed by atoms with Crippen molar-refractivity contribution in [1.82, 2.24) is 14.9 Å². The molecule has 1 aromatic carbocycles. The molecule has 0 saturated carbocycles. The van der Waals surface area contributed by atoms with Gasteiger partial charge in [0.15, 0.2) is 11.5 Å². The lowest BCUT2D eigenvalue weighted by atomic mass is 10.1. The Bertz CT molecular complexity index is 910. The quantitative estimate of drug-likeness (QED) is 0.740. The highest BCUT2D eigenvalue weighted by Crippen LogP contribution is 2.29. The Kier molecular flexibility index (Phi) is 4.51. The lowest BCUT2D eigenvalue weighted by molar-refractivity contribution is 0.202. The maximum Gasteiger partial charge on any atom is 0.183 e. The number of hydrogen-bond donors (Lipinski definition) is 0. The van der Waals surface area contributed by atoms with Crippen LogP contribution in [0.3, 0.4) is 0 Å². The molecule has 2 atom stereocenters. The van der Waals surface area contributed by atoms with Crippen molar-refractivity contribution >= 4 is 5.82 Å². The van der Waals surface area contributed by atoms with Gasteiger partial charge in [-0.15, -0.1) is 0 Å². The largest absolute Gasteiger partial charge is 0.351 e. The third kappa shape index (κ3) is 3.24. The summed E-state index contributed by atoms with van der Waals surface area (Å²) in [7, 11) is 0. The zero-order valence-corrected chi connectivity index (χ0v) is 14.3. The Morgan fingerprint density at radius 3 is 2.88 bits per heavy atom. The molecule has 0 spiro atoms. The Labute approximate surface area is 152 Å². The van der Waals surface area contributed by atoms with Crippen molar-refractivity contribution in [3.8, 4) is 17.9 Å². The van der Waals surface area contributed by atoms with Gasteiger partial charge in [0.05, 0.1) is 6.04 Å². The Hall–Kier alpha value is -2.96. The van der Waals surface area contributed by atoms with Gasteiger partial charge in [0.25, 0.3) is 0 Å². The molecule has 4 rings (SSSR count). The van der Waals surface area contributed by atoms with Gasteiger partial charge in [-0.1, -0.05) is 17.9 Å². The van der Waals surface area contributed by atoms with E-state index in [1.807, 2.05) is 6.07 Å². The Balaban J connectivity index is 1.47. The zero-order valence-electron chi connectivity index (χ0n) is 14.3. The summed E-state index contributed by atoms with van der Waals surface area (Å²) in [6.07, 6.45) is 5.24. The van der Waals surface area contributed by atoms with Crippen molar-refractivity contribution in [2.24, 2.45) is 0 Å². The molecule has 0 bridgehead atoms. The number of rotatable bonds is 1. The van der Waals surface area contributed by atoms with Crippen LogP contribution >= 0.6 is 0 Å². The van der Waals surface area contributed by atoms with E-state index in [0.29, 0.717) is 23.1 Å². The molecule has 3 heterocycles. The van der Waals surface area contributed by atoms with Gasteiger partial charge in [0, 0.05) is 43.6 Å². The molecule has 0 unspecified atom stereocenters. The van der Waals surface area contributed by atoms with Crippen LogP contribution in [0.4, 0.5) is 10.2 Å². The van der Waals surface area contributed by atoms with Gasteiger partial charge in [-0.3, -0.25) is 4.90 Å². The molecular weight excluding hydrogens is 329 g/mol. The summed E-state index contributed by atoms with van der Waals surface area (Å²) in [6.45, 7) is 2.49. The van der Waals surface area contributed by atoms with E-state index in [1.54, 1.807) is 18.5 Å². The van der Waals surface area contributed by atoms with Gasteiger partial charge in [0.1, 0.15) is 11.9 Å². The number of nitrogens with zero attached hydrogens (tertiary/aromatic N) is 5. The van der Waals surface area contributed by atoms with Crippen molar-refractivity contribution in [2.75, 3.05) is 24.5 Å². The molecule has 6 heteroatoms. The van der Waals surface area contributed by atoms with Crippen LogP contribution in [0.1, 0.15) is 24.1 Å². The fourth-order valence-corrected chi connectivity index (χ4v) is 3.77. The third-order valence-electron chi connectivity index (χ3n) is 4.99. The Morgan fingerprint density at radius 2 is 2.04 bits per heavy atom. The van der Waals surface area contributed by atoms with Crippen LogP contribution in [0.5, 0.6) is 0 Å². The average Bonchev–Trinajstić information content (AvgIpc) is 3.08. The average molecular weight is 347 g/mol. The molecule has 130 valence electrons. The number of aromatic nitrogens is 2. The van der Waals surface area contributed by atoms with Crippen molar-refractivity contribution in [3.63, 3.8) is 0 Å². The fourth-order valence-electron chi connectivity index (χ4n) is 3.77. The summed E-state index contributed by atoms with van der Waals surface area (Å²) >= 11 is 0. The van der Waals surface area contributed by atoms with Gasteiger partial charge in [0.2, 0.25) is 0 Å². The second-order valence-electron chi connectivity index (χ2n) is 6.55. The first-order valence-corrected chi connectivity index (χ1v) is 8.73. The van der Waals surface area contributed by atoms with Crippen LogP contribution in [0.2, 0.25) is 0 Å². The second-order valence-corrected chi connectivity index (χ2v) is 6.55. The molecule has 0 amide bonds. The number of nitriles is 1. The normalized spacial score (nSPS) is 22.2. The predicted molar refractivity (Wildman–Crippen MR) is 95.8 cm³/mol. The molecule has 2 saturated heterocycles. The van der Waals surface area contributed by atoms with Crippen molar-refractivity contribution in [1.29, 1.82) is 5.26 Å². The van der Waals surface area contributed by atoms with E-state index in [0.717, 1.165) is 32.5 Å². The minimum absolute atomic E-state index is 0.197. The van der Waals surface area contributed by atoms with Crippen LogP contribution in [0.15, 0.2) is 36.7 Å². The van der Waals surface area contributed by atoms with Crippen molar-refractivity contribution in [3.05, 3.63) is 53.7 Å². The second kappa shape index (κ2) is 7.11. The number of halogens is 1. The van der Waals surface area contributed by atoms with E-state index in [2.05, 4.69) is 37.7 Å². The van der Waals surface area contributed by atoms with E-state index in [-0.39, 0.29) is 11.9 Å². The van der Waals surface area contributed by atoms with E-state index in [4.69, 9.17) is 0 Å². The van der Waals surface area contributed by atoms with Crippen LogP contribution in [0.25, 0.3) is 0 Å². The molecule has 0 N–H and O–H groups in total. The molecule has 1 aromatic heterocycles. The fraction of sp³-hybridized carbons (Fsp3) is 0.350. The summed E-state index contributed by atoms with van der Waals surface area (Å²) in [5.41, 5.74) is 1.09. The summed E-state index contributed by atoms with van der Waals surface area (Å²) in [6, 6.07) is 9.12. The van der Waals surface area contributed by atoms with Crippen LogP contribution in [-0.2, 0) is 0 Å². The highest BCUT2D eigenvalue weighted by atomic mass is 19.1. The first-order chi connectivity index (χ1) is 12.7. The minimum Gasteiger partial charge on any atom is -0.351 e. The lowest BCUT2D eigenvalue weighted by Crippen LogP contribution is -2.52. The summed E-state index contributed by atoms with van der Waals surface area (Å²) in [5, 5.41) is 9.24. The minimum atomic E-state index is -0.257. The summed E-state index contributed by atoms with van der Waals surface area (Å²) < 4.78 is 13.3. The van der Waals surface area contributed by atoms with E-state index in [9.17, 15) is 9.65 Å². The van der Waals surface area contributed by atoms with Crippen molar-refractivity contribution < 1.29 is 4.39 Å². The van der Waals surface area contributed by atoms with Gasteiger partial charge >= 0.3 is 0 Å². The van der Waals surface area contributed by atoms with E-state index in [1.165, 1.54) is 12.1 Å². The highest BCUT2D eigenvalue weighted by Gasteiger charge is 2.37. The monoisotopic (exact) mass is 347 g/mol. The molecule has 2 aliphatic heterocycles. The summed E-state index contributed by atoms with van der Waals surface area (Å²) in [4.78, 5) is 13.0. The Morgan fingerprint density at radius 1 is 1.15 bits per heavy atom. The number of anilines is 1. The number of piperazine rings is 1. The van der Waals surface area contributed by atoms with Crippen LogP contribution in [0, 0.1) is 29.0 Å². The van der Waals surface area contributed by atoms with Crippen molar-refractivity contribution in [2.45, 2.75) is 24.9 Å². The molecular formula is C20H18FN5. The maximum absolute atomic E-state index is 13.3. The first-order valence-electron chi connectivity index (χ1n) is 8.73. The van der Waals surface area contributed by atoms with Gasteiger partial charge in [-0.2, -0.15) is 5.26 Å². The van der Waals surface area contributed by atoms with Gasteiger partial charge < -0.3 is 4.90 Å². The van der Waals surface area contributed by atoms with Gasteiger partial charge in [-0.25, -0.2) is 14.4 Å². The standard InChI is InChI=1S/C20H18FN5/c21-16-3-1-2-15(12-16)4-5-17-6-7-18-14-25(10-11-26(17)18)20-19(13-22)23-8-9-24-20/h1-3,8-9,12,17-18H,6-7,10-11,14H2/t17-,18-/m0/s1. The van der Waals surface area contributed by atoms with E-state index < -0.39 is 0 Å². The van der Waals surface area contributed by atoms with E-state index >= 15 is 0 Å². The maximum atomic E-state index is 13.3. The highest BCUT2D eigenvalue weighted by molar-refractivity contribution is 5.50. The molecule has 0 radical (unpaired) electrons. The molecule has 26 heavy (non-hydrogen) atoms. The predicted octanol–water partition coefficient (Wildman–Crippen LogP) is 2.19. The molecule has 2 fully saturated rings. The SMILES string of the molecule is N#Cc1nccnc1N1CCN2[C@@H](CC[C@@H]2C#Cc2cccc(F)c2)C1. The number of hydrogen-bond acceptors (Lipinski definition) is 5. The lowest BCUT2D eigenvalue weighted by Gasteiger charge is -2.39. The molecule has 0 aliphatic carbocycles.